The van der Waals surface area contributed by atoms with E-state index in [0.717, 1.165) is 5.75 Å². The van der Waals surface area contributed by atoms with E-state index in [9.17, 15) is 9.59 Å². The van der Waals surface area contributed by atoms with E-state index in [2.05, 4.69) is 20.6 Å². The van der Waals surface area contributed by atoms with Crippen LogP contribution in [0.3, 0.4) is 0 Å². The molecule has 0 unspecified atom stereocenters. The molecule has 0 saturated heterocycles. The van der Waals surface area contributed by atoms with Crippen molar-refractivity contribution in [1.29, 1.82) is 0 Å². The van der Waals surface area contributed by atoms with Crippen molar-refractivity contribution in [3.05, 3.63) is 41.2 Å². The van der Waals surface area contributed by atoms with Gasteiger partial charge in [-0.15, -0.1) is 0 Å². The number of thioether (sulfide) groups is 1. The fourth-order valence-electron chi connectivity index (χ4n) is 1.86. The van der Waals surface area contributed by atoms with E-state index in [4.69, 9.17) is 16.3 Å². The first-order valence-corrected chi connectivity index (χ1v) is 9.01. The highest BCUT2D eigenvalue weighted by Crippen LogP contribution is 2.17. The highest BCUT2D eigenvalue weighted by Gasteiger charge is 2.15. The molecule has 9 heteroatoms. The Bertz CT molecular complexity index is 756. The number of aromatic nitrogens is 2. The maximum atomic E-state index is 12.1. The van der Waals surface area contributed by atoms with Gasteiger partial charge in [0.25, 0.3) is 5.91 Å². The Morgan fingerprint density at radius 2 is 2.00 bits per heavy atom. The third-order valence-corrected chi connectivity index (χ3v) is 3.82. The van der Waals surface area contributed by atoms with Crippen LogP contribution in [0.4, 0.5) is 5.69 Å². The fraction of sp³-hybridized carbons (Fsp3) is 0.250. The number of rotatable bonds is 7. The van der Waals surface area contributed by atoms with Gasteiger partial charge in [-0.05, 0) is 37.4 Å². The second-order valence-corrected chi connectivity index (χ2v) is 5.92. The number of nitrogens with one attached hydrogen (secondary N) is 2. The first kappa shape index (κ1) is 19.0. The molecule has 0 aliphatic rings. The van der Waals surface area contributed by atoms with E-state index in [1.165, 1.54) is 18.0 Å². The molecule has 0 bridgehead atoms. The van der Waals surface area contributed by atoms with Crippen molar-refractivity contribution < 1.29 is 14.3 Å². The van der Waals surface area contributed by atoms with E-state index in [0.29, 0.717) is 17.5 Å². The van der Waals surface area contributed by atoms with Gasteiger partial charge >= 0.3 is 0 Å². The fourth-order valence-corrected chi connectivity index (χ4v) is 2.38. The molecule has 1 heterocycles. The lowest BCUT2D eigenvalue weighted by molar-refractivity contribution is -0.115. The molecule has 0 saturated carbocycles. The van der Waals surface area contributed by atoms with Crippen LogP contribution >= 0.6 is 23.4 Å². The molecule has 0 atom stereocenters. The van der Waals surface area contributed by atoms with E-state index < -0.39 is 5.91 Å². The maximum Gasteiger partial charge on any atom is 0.272 e. The first-order valence-electron chi connectivity index (χ1n) is 7.41. The van der Waals surface area contributed by atoms with Gasteiger partial charge in [0.15, 0.2) is 10.9 Å². The van der Waals surface area contributed by atoms with Crippen LogP contribution in [0.15, 0.2) is 35.6 Å². The number of halogens is 1. The molecule has 132 valence electrons. The molecule has 25 heavy (non-hydrogen) atoms. The Kier molecular flexibility index (Phi) is 7.03. The van der Waals surface area contributed by atoms with Crippen molar-refractivity contribution in [3.63, 3.8) is 0 Å². The van der Waals surface area contributed by atoms with Gasteiger partial charge in [-0.3, -0.25) is 9.59 Å². The molecule has 0 radical (unpaired) electrons. The van der Waals surface area contributed by atoms with Crippen LogP contribution in [0.25, 0.3) is 0 Å². The molecule has 2 N–H and O–H groups in total. The SMILES string of the molecule is CCOc1ccc(NC(=O)CNC(=O)c2nc(SC)ncc2Cl)cc1. The minimum Gasteiger partial charge on any atom is -0.494 e. The standard InChI is InChI=1S/C16H17ClN4O3S/c1-3-24-11-6-4-10(5-7-11)20-13(22)9-18-15(23)14-12(17)8-19-16(21-14)25-2/h4-8H,3,9H2,1-2H3,(H,18,23)(H,20,22). The lowest BCUT2D eigenvalue weighted by Crippen LogP contribution is -2.33. The molecule has 2 amide bonds. The highest BCUT2D eigenvalue weighted by molar-refractivity contribution is 7.98. The lowest BCUT2D eigenvalue weighted by atomic mass is 10.3. The van der Waals surface area contributed by atoms with Gasteiger partial charge in [-0.2, -0.15) is 0 Å². The first-order chi connectivity index (χ1) is 12.0. The summed E-state index contributed by atoms with van der Waals surface area (Å²) in [5, 5.41) is 5.71. The number of amides is 2. The summed E-state index contributed by atoms with van der Waals surface area (Å²) in [4.78, 5) is 32.1. The van der Waals surface area contributed by atoms with E-state index in [1.807, 2.05) is 6.92 Å². The molecular weight excluding hydrogens is 364 g/mol. The van der Waals surface area contributed by atoms with Crippen molar-refractivity contribution in [2.75, 3.05) is 24.7 Å². The summed E-state index contributed by atoms with van der Waals surface area (Å²) in [7, 11) is 0. The Morgan fingerprint density at radius 3 is 2.64 bits per heavy atom. The van der Waals surface area contributed by atoms with Crippen molar-refractivity contribution in [2.45, 2.75) is 12.1 Å². The monoisotopic (exact) mass is 380 g/mol. The molecule has 0 fully saturated rings. The average Bonchev–Trinajstić information content (AvgIpc) is 2.62. The number of carbonyl (C=O) groups excluding carboxylic acids is 2. The van der Waals surface area contributed by atoms with Crippen LogP contribution in [0, 0.1) is 0 Å². The van der Waals surface area contributed by atoms with Crippen LogP contribution in [-0.4, -0.2) is 41.2 Å². The smallest absolute Gasteiger partial charge is 0.272 e. The Balaban J connectivity index is 1.90. The minimum absolute atomic E-state index is 0.0369. The van der Waals surface area contributed by atoms with Crippen molar-refractivity contribution in [3.8, 4) is 5.75 Å². The topological polar surface area (TPSA) is 93.2 Å². The quantitative estimate of drug-likeness (QED) is 0.566. The predicted molar refractivity (Wildman–Crippen MR) is 97.4 cm³/mol. The van der Waals surface area contributed by atoms with Gasteiger partial charge in [0, 0.05) is 5.69 Å². The zero-order valence-corrected chi connectivity index (χ0v) is 15.3. The number of anilines is 1. The molecule has 7 nitrogen and oxygen atoms in total. The van der Waals surface area contributed by atoms with Crippen LogP contribution < -0.4 is 15.4 Å². The van der Waals surface area contributed by atoms with Crippen molar-refractivity contribution in [1.82, 2.24) is 15.3 Å². The summed E-state index contributed by atoms with van der Waals surface area (Å²) in [6.45, 7) is 2.26. The van der Waals surface area contributed by atoms with Gasteiger partial charge in [-0.1, -0.05) is 23.4 Å². The summed E-state index contributed by atoms with van der Waals surface area (Å²) >= 11 is 7.22. The Labute approximate surface area is 154 Å². The molecule has 0 spiro atoms. The number of carbonyl (C=O) groups is 2. The largest absolute Gasteiger partial charge is 0.494 e. The van der Waals surface area contributed by atoms with E-state index in [1.54, 1.807) is 30.5 Å². The normalized spacial score (nSPS) is 10.2. The van der Waals surface area contributed by atoms with Crippen molar-refractivity contribution >= 4 is 40.9 Å². The van der Waals surface area contributed by atoms with Crippen LogP contribution in [-0.2, 0) is 4.79 Å². The zero-order valence-electron chi connectivity index (χ0n) is 13.7. The second kappa shape index (κ2) is 9.24. The molecule has 2 rings (SSSR count). The molecule has 2 aromatic rings. The Morgan fingerprint density at radius 1 is 1.28 bits per heavy atom. The number of hydrogen-bond donors (Lipinski definition) is 2. The maximum absolute atomic E-state index is 12.1. The molecule has 0 aliphatic carbocycles. The van der Waals surface area contributed by atoms with Gasteiger partial charge in [0.1, 0.15) is 5.75 Å². The van der Waals surface area contributed by atoms with Crippen molar-refractivity contribution in [2.24, 2.45) is 0 Å². The Hall–Kier alpha value is -2.32. The summed E-state index contributed by atoms with van der Waals surface area (Å²) in [6, 6.07) is 6.94. The second-order valence-electron chi connectivity index (χ2n) is 4.74. The van der Waals surface area contributed by atoms with Gasteiger partial charge in [-0.25, -0.2) is 9.97 Å². The molecule has 1 aromatic carbocycles. The lowest BCUT2D eigenvalue weighted by Gasteiger charge is -2.09. The number of ether oxygens (including phenoxy) is 1. The highest BCUT2D eigenvalue weighted by atomic mass is 35.5. The molecule has 1 aromatic heterocycles. The third kappa shape index (κ3) is 5.61. The van der Waals surface area contributed by atoms with Gasteiger partial charge in [0.05, 0.1) is 24.4 Å². The minimum atomic E-state index is -0.537. The number of hydrogen-bond acceptors (Lipinski definition) is 6. The van der Waals surface area contributed by atoms with Crippen LogP contribution in [0.1, 0.15) is 17.4 Å². The zero-order chi connectivity index (χ0) is 18.2. The van der Waals surface area contributed by atoms with Crippen LogP contribution in [0.2, 0.25) is 5.02 Å². The summed E-state index contributed by atoms with van der Waals surface area (Å²) < 4.78 is 5.33. The van der Waals surface area contributed by atoms with Gasteiger partial charge in [0.2, 0.25) is 5.91 Å². The van der Waals surface area contributed by atoms with E-state index in [-0.39, 0.29) is 23.2 Å². The molecule has 0 aliphatic heterocycles. The van der Waals surface area contributed by atoms with Crippen LogP contribution in [0.5, 0.6) is 5.75 Å². The summed E-state index contributed by atoms with van der Waals surface area (Å²) in [5.41, 5.74) is 0.641. The predicted octanol–water partition coefficient (Wildman–Crippen LogP) is 2.62. The summed E-state index contributed by atoms with van der Waals surface area (Å²) in [5.74, 6) is -0.186. The molecular formula is C16H17ClN4O3S. The summed E-state index contributed by atoms with van der Waals surface area (Å²) in [6.07, 6.45) is 3.14. The van der Waals surface area contributed by atoms with E-state index >= 15 is 0 Å². The number of nitrogens with zero attached hydrogens (tertiary/aromatic N) is 2. The number of benzene rings is 1. The average molecular weight is 381 g/mol. The van der Waals surface area contributed by atoms with Gasteiger partial charge < -0.3 is 15.4 Å². The third-order valence-electron chi connectivity index (χ3n) is 2.98.